The summed E-state index contributed by atoms with van der Waals surface area (Å²) in [6.07, 6.45) is 2.01. The Balaban J connectivity index is 2.05. The third-order valence-electron chi connectivity index (χ3n) is 8.09. The van der Waals surface area contributed by atoms with Crippen molar-refractivity contribution < 1.29 is 24.9 Å². The van der Waals surface area contributed by atoms with Crippen LogP contribution >= 0.6 is 31.9 Å². The lowest BCUT2D eigenvalue weighted by Crippen LogP contribution is -2.61. The van der Waals surface area contributed by atoms with Crippen LogP contribution in [0.2, 0.25) is 0 Å². The number of rotatable bonds is 3. The predicted octanol–water partition coefficient (Wildman–Crippen LogP) is 3.93. The Bertz CT molecular complexity index is 653. The number of ether oxygens (including phenoxy) is 1. The molecule has 168 valence electrons. The van der Waals surface area contributed by atoms with Crippen molar-refractivity contribution in [2.75, 3.05) is 0 Å². The van der Waals surface area contributed by atoms with E-state index < -0.39 is 35.3 Å². The first kappa shape index (κ1) is 24.0. The first-order valence-corrected chi connectivity index (χ1v) is 12.6. The summed E-state index contributed by atoms with van der Waals surface area (Å²) < 4.78 is 5.81. The highest BCUT2D eigenvalue weighted by molar-refractivity contribution is 9.09. The first-order valence-electron chi connectivity index (χ1n) is 10.7. The Labute approximate surface area is 191 Å². The van der Waals surface area contributed by atoms with Crippen LogP contribution in [0.5, 0.6) is 0 Å². The molecule has 0 aromatic rings. The van der Waals surface area contributed by atoms with Crippen molar-refractivity contribution in [1.82, 2.24) is 0 Å². The van der Waals surface area contributed by atoms with Crippen LogP contribution < -0.4 is 0 Å². The van der Waals surface area contributed by atoms with E-state index in [0.29, 0.717) is 25.7 Å². The Morgan fingerprint density at radius 3 is 2.21 bits per heavy atom. The van der Waals surface area contributed by atoms with Gasteiger partial charge in [0.15, 0.2) is 0 Å². The van der Waals surface area contributed by atoms with E-state index in [9.17, 15) is 20.1 Å². The molecular weight excluding hydrogens is 504 g/mol. The third-order valence-corrected chi connectivity index (χ3v) is 11.3. The third kappa shape index (κ3) is 4.08. The zero-order chi connectivity index (χ0) is 22.0. The molecule has 3 rings (SSSR count). The van der Waals surface area contributed by atoms with Crippen molar-refractivity contribution in [3.05, 3.63) is 0 Å². The highest BCUT2D eigenvalue weighted by Crippen LogP contribution is 2.63. The van der Waals surface area contributed by atoms with Gasteiger partial charge in [-0.05, 0) is 56.3 Å². The zero-order valence-electron chi connectivity index (χ0n) is 18.1. The molecule has 3 aliphatic rings. The van der Waals surface area contributed by atoms with Crippen molar-refractivity contribution in [3.8, 4) is 0 Å². The highest BCUT2D eigenvalue weighted by atomic mass is 79.9. The Morgan fingerprint density at radius 2 is 1.66 bits per heavy atom. The molecule has 0 aliphatic heterocycles. The Kier molecular flexibility index (Phi) is 6.38. The van der Waals surface area contributed by atoms with Gasteiger partial charge in [0.25, 0.3) is 0 Å². The molecule has 0 unspecified atom stereocenters. The Morgan fingerprint density at radius 1 is 1.07 bits per heavy atom. The fraction of sp³-hybridized carbons (Fsp3) is 0.955. The molecule has 0 spiro atoms. The molecule has 5 nitrogen and oxygen atoms in total. The molecule has 0 aromatic heterocycles. The second-order valence-electron chi connectivity index (χ2n) is 11.0. The van der Waals surface area contributed by atoms with E-state index in [1.54, 1.807) is 0 Å². The second-order valence-corrected chi connectivity index (χ2v) is 13.2. The van der Waals surface area contributed by atoms with Gasteiger partial charge in [-0.15, -0.1) is 0 Å². The van der Waals surface area contributed by atoms with Crippen LogP contribution in [0.4, 0.5) is 0 Å². The normalized spacial score (nSPS) is 50.6. The van der Waals surface area contributed by atoms with Crippen LogP contribution in [0.25, 0.3) is 0 Å². The molecule has 9 atom stereocenters. The highest BCUT2D eigenvalue weighted by Gasteiger charge is 2.66. The van der Waals surface area contributed by atoms with Gasteiger partial charge in [0.2, 0.25) is 0 Å². The number of fused-ring (bicyclic) bond motifs is 1. The minimum Gasteiger partial charge on any atom is -0.459 e. The smallest absolute Gasteiger partial charge is 0.303 e. The Hall–Kier alpha value is 0.310. The van der Waals surface area contributed by atoms with Gasteiger partial charge in [0.1, 0.15) is 11.7 Å². The molecule has 7 heteroatoms. The standard InChI is InChI=1S/C22H36Br2O5/c1-12(25)29-18(22(28)9-7-14(23)19(2,3)11-22)16-13(26)10-20(4)15(24)6-8-21(5,27)17(16)20/h13-18,26-28H,6-11H2,1-5H3/t13-,14+,15+,16-,17+,18-,20-,21-,22-/m1/s1. The van der Waals surface area contributed by atoms with E-state index in [-0.39, 0.29) is 26.4 Å². The van der Waals surface area contributed by atoms with Crippen molar-refractivity contribution in [2.45, 2.75) is 106 Å². The average molecular weight is 540 g/mol. The van der Waals surface area contributed by atoms with E-state index in [0.717, 1.165) is 12.8 Å². The van der Waals surface area contributed by atoms with Crippen molar-refractivity contribution >= 4 is 37.8 Å². The summed E-state index contributed by atoms with van der Waals surface area (Å²) in [4.78, 5) is 12.5. The van der Waals surface area contributed by atoms with Crippen LogP contribution in [0, 0.1) is 22.7 Å². The molecule has 0 saturated heterocycles. The molecule has 0 radical (unpaired) electrons. The molecule has 0 amide bonds. The van der Waals surface area contributed by atoms with Crippen molar-refractivity contribution in [1.29, 1.82) is 0 Å². The van der Waals surface area contributed by atoms with Gasteiger partial charge >= 0.3 is 5.97 Å². The second kappa shape index (κ2) is 7.72. The summed E-state index contributed by atoms with van der Waals surface area (Å²) in [6.45, 7) is 9.48. The van der Waals surface area contributed by atoms with E-state index in [2.05, 4.69) is 52.6 Å². The van der Waals surface area contributed by atoms with Gasteiger partial charge in [-0.3, -0.25) is 4.79 Å². The zero-order valence-corrected chi connectivity index (χ0v) is 21.3. The number of esters is 1. The van der Waals surface area contributed by atoms with Crippen molar-refractivity contribution in [3.63, 3.8) is 0 Å². The van der Waals surface area contributed by atoms with E-state index in [4.69, 9.17) is 4.74 Å². The van der Waals surface area contributed by atoms with Crippen molar-refractivity contribution in [2.24, 2.45) is 22.7 Å². The minimum atomic E-state index is -1.24. The molecule has 3 aliphatic carbocycles. The summed E-state index contributed by atoms with van der Waals surface area (Å²) in [5.74, 6) is -1.28. The number of halogens is 2. The van der Waals surface area contributed by atoms with Gasteiger partial charge in [0, 0.05) is 28.4 Å². The monoisotopic (exact) mass is 538 g/mol. The molecule has 0 heterocycles. The number of hydrogen-bond acceptors (Lipinski definition) is 5. The van der Waals surface area contributed by atoms with Crippen LogP contribution in [0.1, 0.15) is 73.1 Å². The molecule has 3 N–H and O–H groups in total. The number of carbonyl (C=O) groups is 1. The maximum absolute atomic E-state index is 12.1. The van der Waals surface area contributed by atoms with E-state index >= 15 is 0 Å². The van der Waals surface area contributed by atoms with Crippen LogP contribution in [0.15, 0.2) is 0 Å². The summed E-state index contributed by atoms with van der Waals surface area (Å²) >= 11 is 7.53. The molecule has 0 aromatic carbocycles. The molecule has 3 saturated carbocycles. The summed E-state index contributed by atoms with van der Waals surface area (Å²) in [7, 11) is 0. The summed E-state index contributed by atoms with van der Waals surface area (Å²) in [5, 5.41) is 34.4. The SMILES string of the molecule is CC(=O)O[C@H]([C@@H]1[C@H](O)C[C@]2(C)[C@@H](Br)CC[C@@](C)(O)[C@@H]12)[C@@]1(O)CC[C@H](Br)C(C)(C)C1. The lowest BCUT2D eigenvalue weighted by molar-refractivity contribution is -0.205. The molecule has 3 fully saturated rings. The number of hydrogen-bond donors (Lipinski definition) is 3. The van der Waals surface area contributed by atoms with Gasteiger partial charge < -0.3 is 20.1 Å². The van der Waals surface area contributed by atoms with Gasteiger partial charge in [-0.2, -0.15) is 0 Å². The van der Waals surface area contributed by atoms with Crippen LogP contribution in [-0.4, -0.2) is 54.4 Å². The number of aliphatic hydroxyl groups excluding tert-OH is 1. The minimum absolute atomic E-state index is 0.155. The van der Waals surface area contributed by atoms with Gasteiger partial charge in [-0.1, -0.05) is 52.6 Å². The topological polar surface area (TPSA) is 87.0 Å². The maximum Gasteiger partial charge on any atom is 0.303 e. The molecule has 29 heavy (non-hydrogen) atoms. The summed E-state index contributed by atoms with van der Waals surface area (Å²) in [6, 6.07) is 0. The quantitative estimate of drug-likeness (QED) is 0.373. The number of aliphatic hydroxyl groups is 3. The molecular formula is C22H36Br2O5. The fourth-order valence-corrected chi connectivity index (χ4v) is 7.92. The van der Waals surface area contributed by atoms with E-state index in [1.165, 1.54) is 6.92 Å². The van der Waals surface area contributed by atoms with Gasteiger partial charge in [-0.25, -0.2) is 0 Å². The predicted molar refractivity (Wildman–Crippen MR) is 119 cm³/mol. The lowest BCUT2D eigenvalue weighted by Gasteiger charge is -2.54. The molecule has 0 bridgehead atoms. The van der Waals surface area contributed by atoms with Gasteiger partial charge in [0.05, 0.1) is 11.7 Å². The fourth-order valence-electron chi connectivity index (χ4n) is 6.83. The lowest BCUT2D eigenvalue weighted by atomic mass is 9.57. The first-order chi connectivity index (χ1) is 13.1. The maximum atomic E-state index is 12.1. The summed E-state index contributed by atoms with van der Waals surface area (Å²) in [5.41, 5.74) is -2.78. The largest absolute Gasteiger partial charge is 0.459 e. The van der Waals surface area contributed by atoms with Crippen LogP contribution in [-0.2, 0) is 9.53 Å². The van der Waals surface area contributed by atoms with Crippen LogP contribution in [0.3, 0.4) is 0 Å². The number of alkyl halides is 2. The average Bonchev–Trinajstić information content (AvgIpc) is 2.85. The number of carbonyl (C=O) groups excluding carboxylic acids is 1. The van der Waals surface area contributed by atoms with E-state index in [1.807, 2.05) is 6.92 Å².